The highest BCUT2D eigenvalue weighted by Crippen LogP contribution is 2.20. The lowest BCUT2D eigenvalue weighted by Crippen LogP contribution is -2.26. The zero-order chi connectivity index (χ0) is 18.6. The van der Waals surface area contributed by atoms with Gasteiger partial charge in [-0.2, -0.15) is 0 Å². The number of rotatable bonds is 5. The van der Waals surface area contributed by atoms with Gasteiger partial charge in [0.1, 0.15) is 5.56 Å². The quantitative estimate of drug-likeness (QED) is 0.450. The van der Waals surface area contributed by atoms with Gasteiger partial charge in [0.25, 0.3) is 5.56 Å². The molecule has 0 aliphatic carbocycles. The van der Waals surface area contributed by atoms with E-state index in [1.54, 1.807) is 6.92 Å². The van der Waals surface area contributed by atoms with Crippen LogP contribution in [0.2, 0.25) is 0 Å². The molecule has 2 aromatic rings. The molecule has 0 N–H and O–H groups in total. The summed E-state index contributed by atoms with van der Waals surface area (Å²) in [4.78, 5) is 47.9. The van der Waals surface area contributed by atoms with Crippen molar-refractivity contribution in [1.29, 1.82) is 0 Å². The van der Waals surface area contributed by atoms with Crippen LogP contribution in [0.25, 0.3) is 5.52 Å². The van der Waals surface area contributed by atoms with Gasteiger partial charge in [0.05, 0.1) is 20.8 Å². The lowest BCUT2D eigenvalue weighted by atomic mass is 9.99. The fraction of sp³-hybridized carbons (Fsp3) is 0.294. The number of pyridine rings is 2. The van der Waals surface area contributed by atoms with Crippen molar-refractivity contribution in [2.75, 3.05) is 20.8 Å². The number of esters is 3. The van der Waals surface area contributed by atoms with E-state index in [1.165, 1.54) is 34.9 Å². The highest BCUT2D eigenvalue weighted by atomic mass is 16.5. The number of ether oxygens (including phenoxy) is 3. The zero-order valence-electron chi connectivity index (χ0n) is 14.0. The lowest BCUT2D eigenvalue weighted by molar-refractivity contribution is -0.154. The van der Waals surface area contributed by atoms with Crippen LogP contribution in [0.3, 0.4) is 0 Å². The van der Waals surface area contributed by atoms with Crippen LogP contribution in [0, 0.1) is 0 Å². The van der Waals surface area contributed by atoms with E-state index in [9.17, 15) is 19.2 Å². The number of carbonyl (C=O) groups is 3. The van der Waals surface area contributed by atoms with Crippen LogP contribution >= 0.6 is 0 Å². The van der Waals surface area contributed by atoms with Crippen molar-refractivity contribution in [3.8, 4) is 0 Å². The molecule has 132 valence electrons. The number of carbonyl (C=O) groups excluding carboxylic acids is 3. The molecule has 0 amide bonds. The molecule has 0 unspecified atom stereocenters. The van der Waals surface area contributed by atoms with Crippen LogP contribution in [0.5, 0.6) is 0 Å². The summed E-state index contributed by atoms with van der Waals surface area (Å²) in [5.74, 6) is -3.53. The van der Waals surface area contributed by atoms with Gasteiger partial charge in [-0.15, -0.1) is 0 Å². The Hall–Kier alpha value is -3.16. The van der Waals surface area contributed by atoms with Gasteiger partial charge in [-0.25, -0.2) is 4.79 Å². The highest BCUT2D eigenvalue weighted by Gasteiger charge is 2.31. The first-order valence-electron chi connectivity index (χ1n) is 7.42. The standard InChI is InChI=1S/C17H17NO7/c1-4-25-15(20)12-6-5-11-9-10(7-8-18(11)14(12)19)13(16(21)23-2)17(22)24-3/h5-9,13H,4H2,1-3H3. The number of fused-ring (bicyclic) bond motifs is 1. The summed E-state index contributed by atoms with van der Waals surface area (Å²) < 4.78 is 15.3. The maximum atomic E-state index is 12.4. The number of hydrogen-bond donors (Lipinski definition) is 0. The molecule has 0 spiro atoms. The molecule has 8 heteroatoms. The second-order valence-corrected chi connectivity index (χ2v) is 5.01. The Morgan fingerprint density at radius 1 is 1.08 bits per heavy atom. The van der Waals surface area contributed by atoms with E-state index in [0.717, 1.165) is 14.2 Å². The van der Waals surface area contributed by atoms with Gasteiger partial charge >= 0.3 is 17.9 Å². The number of methoxy groups -OCH3 is 2. The monoisotopic (exact) mass is 347 g/mol. The third kappa shape index (κ3) is 3.52. The summed E-state index contributed by atoms with van der Waals surface area (Å²) in [6, 6.07) is 5.75. The highest BCUT2D eigenvalue weighted by molar-refractivity contribution is 6.01. The molecule has 0 atom stereocenters. The first-order valence-corrected chi connectivity index (χ1v) is 7.42. The largest absolute Gasteiger partial charge is 0.468 e. The van der Waals surface area contributed by atoms with E-state index < -0.39 is 29.4 Å². The van der Waals surface area contributed by atoms with E-state index in [4.69, 9.17) is 4.74 Å². The normalized spacial score (nSPS) is 10.6. The maximum absolute atomic E-state index is 12.4. The molecule has 0 aliphatic rings. The predicted molar refractivity (Wildman–Crippen MR) is 86.4 cm³/mol. The number of hydrogen-bond acceptors (Lipinski definition) is 7. The molecule has 0 saturated carbocycles. The van der Waals surface area contributed by atoms with Crippen molar-refractivity contribution in [3.63, 3.8) is 0 Å². The average molecular weight is 347 g/mol. The summed E-state index contributed by atoms with van der Waals surface area (Å²) >= 11 is 0. The minimum absolute atomic E-state index is 0.107. The summed E-state index contributed by atoms with van der Waals surface area (Å²) in [7, 11) is 2.32. The SMILES string of the molecule is CCOC(=O)c1ccc2cc(C(C(=O)OC)C(=O)OC)ccn2c1=O. The van der Waals surface area contributed by atoms with Gasteiger partial charge in [-0.1, -0.05) is 0 Å². The summed E-state index contributed by atoms with van der Waals surface area (Å²) in [6.45, 7) is 1.79. The fourth-order valence-corrected chi connectivity index (χ4v) is 2.37. The maximum Gasteiger partial charge on any atom is 0.343 e. The molecule has 0 radical (unpaired) electrons. The smallest absolute Gasteiger partial charge is 0.343 e. The van der Waals surface area contributed by atoms with Gasteiger partial charge in [0.2, 0.25) is 0 Å². The molecule has 0 saturated heterocycles. The topological polar surface area (TPSA) is 100 Å². The zero-order valence-corrected chi connectivity index (χ0v) is 14.0. The van der Waals surface area contributed by atoms with Crippen molar-refractivity contribution >= 4 is 23.4 Å². The third-order valence-electron chi connectivity index (χ3n) is 3.58. The van der Waals surface area contributed by atoms with Crippen molar-refractivity contribution < 1.29 is 28.6 Å². The minimum atomic E-state index is -1.26. The van der Waals surface area contributed by atoms with Crippen LogP contribution in [0.4, 0.5) is 0 Å². The van der Waals surface area contributed by atoms with Gasteiger partial charge in [0.15, 0.2) is 5.92 Å². The van der Waals surface area contributed by atoms with Crippen LogP contribution in [0.1, 0.15) is 28.8 Å². The van der Waals surface area contributed by atoms with Gasteiger partial charge in [-0.05, 0) is 36.8 Å². The molecule has 2 aromatic heterocycles. The minimum Gasteiger partial charge on any atom is -0.468 e. The fourth-order valence-electron chi connectivity index (χ4n) is 2.37. The molecule has 2 heterocycles. The third-order valence-corrected chi connectivity index (χ3v) is 3.58. The van der Waals surface area contributed by atoms with Crippen LogP contribution < -0.4 is 5.56 Å². The second-order valence-electron chi connectivity index (χ2n) is 5.01. The van der Waals surface area contributed by atoms with Crippen LogP contribution in [-0.4, -0.2) is 43.1 Å². The summed E-state index contributed by atoms with van der Waals surface area (Å²) in [6.07, 6.45) is 1.37. The molecule has 0 aromatic carbocycles. The molecular weight excluding hydrogens is 330 g/mol. The summed E-state index contributed by atoms with van der Waals surface area (Å²) in [5, 5.41) is 0. The number of nitrogens with zero attached hydrogens (tertiary/aromatic N) is 1. The van der Waals surface area contributed by atoms with E-state index >= 15 is 0 Å². The van der Waals surface area contributed by atoms with Crippen molar-refractivity contribution in [2.45, 2.75) is 12.8 Å². The molecule has 0 aliphatic heterocycles. The average Bonchev–Trinajstić information content (AvgIpc) is 2.61. The Bertz CT molecular complexity index is 868. The van der Waals surface area contributed by atoms with Crippen LogP contribution in [-0.2, 0) is 23.8 Å². The van der Waals surface area contributed by atoms with E-state index in [2.05, 4.69) is 9.47 Å². The molecule has 2 rings (SSSR count). The predicted octanol–water partition coefficient (Wildman–Crippen LogP) is 0.906. The molecule has 8 nitrogen and oxygen atoms in total. The summed E-state index contributed by atoms with van der Waals surface area (Å²) in [5.41, 5.74) is 0.0371. The Labute approximate surface area is 142 Å². The molecule has 0 bridgehead atoms. The lowest BCUT2D eigenvalue weighted by Gasteiger charge is -2.14. The van der Waals surface area contributed by atoms with Gasteiger partial charge in [0, 0.05) is 11.7 Å². The molecule has 0 fully saturated rings. The van der Waals surface area contributed by atoms with Gasteiger partial charge < -0.3 is 14.2 Å². The van der Waals surface area contributed by atoms with E-state index in [1.807, 2.05) is 0 Å². The Balaban J connectivity index is 2.55. The molecule has 25 heavy (non-hydrogen) atoms. The Morgan fingerprint density at radius 3 is 2.28 bits per heavy atom. The second kappa shape index (κ2) is 7.61. The van der Waals surface area contributed by atoms with Crippen molar-refractivity contribution in [1.82, 2.24) is 4.40 Å². The van der Waals surface area contributed by atoms with E-state index in [0.29, 0.717) is 11.1 Å². The Kier molecular flexibility index (Phi) is 5.53. The molecular formula is C17H17NO7. The first kappa shape index (κ1) is 18.2. The number of aromatic nitrogens is 1. The van der Waals surface area contributed by atoms with Gasteiger partial charge in [-0.3, -0.25) is 18.8 Å². The van der Waals surface area contributed by atoms with Crippen molar-refractivity contribution in [2.24, 2.45) is 0 Å². The first-order chi connectivity index (χ1) is 11.9. The van der Waals surface area contributed by atoms with Crippen molar-refractivity contribution in [3.05, 3.63) is 51.9 Å². The van der Waals surface area contributed by atoms with E-state index in [-0.39, 0.29) is 12.2 Å². The van der Waals surface area contributed by atoms with Crippen LogP contribution in [0.15, 0.2) is 35.3 Å². The Morgan fingerprint density at radius 2 is 1.72 bits per heavy atom.